The molecule has 23 nitrogen and oxygen atoms in total. The Kier molecular flexibility index (Phi) is 13.9. The summed E-state index contributed by atoms with van der Waals surface area (Å²) in [4.78, 5) is 117. The van der Waals surface area contributed by atoms with Crippen LogP contribution in [0.2, 0.25) is 0 Å². The fourth-order valence-electron chi connectivity index (χ4n) is 4.94. The van der Waals surface area contributed by atoms with Gasteiger partial charge in [-0.1, -0.05) is 0 Å². The highest BCUT2D eigenvalue weighted by Crippen LogP contribution is 2.07. The number of aliphatic carboxylic acids is 1. The number of hydrogen-bond acceptors (Lipinski definition) is 12. The van der Waals surface area contributed by atoms with Gasteiger partial charge in [-0.15, -0.1) is 0 Å². The van der Waals surface area contributed by atoms with Crippen LogP contribution in [-0.2, 0) is 59.2 Å². The van der Waals surface area contributed by atoms with E-state index in [4.69, 9.17) is 11.5 Å². The van der Waals surface area contributed by atoms with Gasteiger partial charge in [-0.25, -0.2) is 24.7 Å². The van der Waals surface area contributed by atoms with Crippen molar-refractivity contribution in [2.45, 2.75) is 62.3 Å². The Hall–Kier alpha value is -6.91. The van der Waals surface area contributed by atoms with Gasteiger partial charge in [0.2, 0.25) is 35.4 Å². The molecule has 0 unspecified atom stereocenters. The lowest BCUT2D eigenvalue weighted by molar-refractivity contribution is -0.143. The third kappa shape index (κ3) is 12.4. The topological polar surface area (TPSA) is 367 Å². The first kappa shape index (κ1) is 38.9. The number of imidazole rings is 4. The normalized spacial score (nSPS) is 13.8. The zero-order valence-corrected chi connectivity index (χ0v) is 28.0. The van der Waals surface area contributed by atoms with Crippen molar-refractivity contribution in [3.63, 3.8) is 0 Å². The van der Waals surface area contributed by atoms with Crippen molar-refractivity contribution >= 4 is 41.4 Å². The molecule has 0 spiro atoms. The fourth-order valence-corrected chi connectivity index (χ4v) is 4.94. The Labute approximate surface area is 299 Å². The second-order valence-electron chi connectivity index (χ2n) is 11.7. The number of nitrogens with zero attached hydrogens (tertiary/aromatic N) is 4. The van der Waals surface area contributed by atoms with Gasteiger partial charge in [-0.3, -0.25) is 28.8 Å². The molecule has 53 heavy (non-hydrogen) atoms. The number of rotatable bonds is 21. The lowest BCUT2D eigenvalue weighted by atomic mass is 10.1. The summed E-state index contributed by atoms with van der Waals surface area (Å²) < 4.78 is 0. The third-order valence-corrected chi connectivity index (χ3v) is 7.59. The van der Waals surface area contributed by atoms with E-state index in [1.807, 2.05) is 0 Å². The SMILES string of the molecule is NC(=O)C[C@H](NC(=O)CNC(=O)[C@H](Cc1c[nH]cn1)NC(=O)[C@H](Cc1c[nH]cn1)NC(=O)[C@H](Cc1c[nH]cn1)NC(=O)[C@@H](N)Cc1c[nH]cn1)C(=O)O. The number of nitrogens with two attached hydrogens (primary N) is 2. The van der Waals surface area contributed by atoms with Crippen LogP contribution in [0.4, 0.5) is 0 Å². The van der Waals surface area contributed by atoms with E-state index in [0.29, 0.717) is 22.8 Å². The molecular formula is C30H39N15O8. The van der Waals surface area contributed by atoms with E-state index in [9.17, 15) is 38.7 Å². The number of carboxylic acids is 1. The minimum absolute atomic E-state index is 0.0743. The zero-order chi connectivity index (χ0) is 38.3. The molecule has 6 amide bonds. The van der Waals surface area contributed by atoms with Gasteiger partial charge in [0.1, 0.15) is 24.2 Å². The molecule has 282 valence electrons. The van der Waals surface area contributed by atoms with Crippen molar-refractivity contribution in [3.8, 4) is 0 Å². The lowest BCUT2D eigenvalue weighted by Gasteiger charge is -2.25. The number of hydrogen-bond donors (Lipinski definition) is 12. The first-order valence-electron chi connectivity index (χ1n) is 16.0. The fraction of sp³-hybridized carbons (Fsp3) is 0.367. The molecule has 0 saturated heterocycles. The summed E-state index contributed by atoms with van der Waals surface area (Å²) in [6.07, 6.45) is 10.6. The number of H-pyrrole nitrogens is 4. The highest BCUT2D eigenvalue weighted by atomic mass is 16.4. The van der Waals surface area contributed by atoms with Crippen LogP contribution in [-0.4, -0.2) is 123 Å². The van der Waals surface area contributed by atoms with Gasteiger partial charge in [0, 0.05) is 50.5 Å². The van der Waals surface area contributed by atoms with Crippen LogP contribution in [0.5, 0.6) is 0 Å². The smallest absolute Gasteiger partial charge is 0.326 e. The van der Waals surface area contributed by atoms with E-state index < -0.39 is 84.6 Å². The summed E-state index contributed by atoms with van der Waals surface area (Å²) in [6.45, 7) is -0.724. The van der Waals surface area contributed by atoms with Gasteiger partial charge in [0.15, 0.2) is 0 Å². The molecular weight excluding hydrogens is 698 g/mol. The molecule has 4 heterocycles. The van der Waals surface area contributed by atoms with E-state index >= 15 is 0 Å². The Bertz CT molecular complexity index is 1810. The van der Waals surface area contributed by atoms with Gasteiger partial charge in [-0.05, 0) is 0 Å². The van der Waals surface area contributed by atoms with Crippen LogP contribution >= 0.6 is 0 Å². The monoisotopic (exact) mass is 737 g/mol. The summed E-state index contributed by atoms with van der Waals surface area (Å²) in [7, 11) is 0. The highest BCUT2D eigenvalue weighted by molar-refractivity contribution is 5.96. The maximum atomic E-state index is 13.9. The maximum absolute atomic E-state index is 13.9. The molecule has 4 aromatic heterocycles. The Balaban J connectivity index is 1.49. The Morgan fingerprint density at radius 1 is 0.585 bits per heavy atom. The van der Waals surface area contributed by atoms with Crippen molar-refractivity contribution in [1.82, 2.24) is 66.5 Å². The van der Waals surface area contributed by atoms with E-state index in [-0.39, 0.29) is 25.7 Å². The molecule has 4 rings (SSSR count). The molecule has 0 bridgehead atoms. The lowest BCUT2D eigenvalue weighted by Crippen LogP contribution is -2.59. The molecule has 0 saturated carbocycles. The second-order valence-corrected chi connectivity index (χ2v) is 11.7. The van der Waals surface area contributed by atoms with Gasteiger partial charge in [0.25, 0.3) is 0 Å². The molecule has 0 fully saturated rings. The molecule has 0 aliphatic carbocycles. The first-order chi connectivity index (χ1) is 25.4. The number of aromatic nitrogens is 8. The molecule has 14 N–H and O–H groups in total. The summed E-state index contributed by atoms with van der Waals surface area (Å²) in [5, 5.41) is 21.5. The molecule has 23 heteroatoms. The number of amides is 6. The summed E-state index contributed by atoms with van der Waals surface area (Å²) >= 11 is 0. The zero-order valence-electron chi connectivity index (χ0n) is 28.0. The standard InChI is InChI=1S/C30H39N15O8/c31-19(1-15-6-33-11-38-15)26(48)43-21(3-17-8-35-13-40-17)28(50)45-22(4-18-9-36-14-41-18)29(51)44-20(2-16-7-34-12-39-16)27(49)37-10-25(47)42-23(30(52)53)5-24(32)46/h6-9,11-14,19-23H,1-5,10,31H2,(H2,32,46)(H,33,38)(H,34,39)(H,35,40)(H,36,41)(H,37,49)(H,42,47)(H,43,48)(H,44,51)(H,45,50)(H,52,53)/t19-,20-,21-,22-,23-/m0/s1. The van der Waals surface area contributed by atoms with Gasteiger partial charge in [-0.2, -0.15) is 0 Å². The molecule has 0 aliphatic rings. The summed E-state index contributed by atoms with van der Waals surface area (Å²) in [5.74, 6) is -6.58. The van der Waals surface area contributed by atoms with E-state index in [1.54, 1.807) is 6.20 Å². The van der Waals surface area contributed by atoms with Crippen molar-refractivity contribution in [2.24, 2.45) is 11.5 Å². The molecule has 4 aromatic rings. The average Bonchev–Trinajstić information content (AvgIpc) is 3.95. The molecule has 5 atom stereocenters. The van der Waals surface area contributed by atoms with Crippen molar-refractivity contribution in [1.29, 1.82) is 0 Å². The largest absolute Gasteiger partial charge is 0.480 e. The Morgan fingerprint density at radius 3 is 1.36 bits per heavy atom. The van der Waals surface area contributed by atoms with Crippen LogP contribution in [0.3, 0.4) is 0 Å². The molecule has 0 radical (unpaired) electrons. The van der Waals surface area contributed by atoms with Gasteiger partial charge >= 0.3 is 5.97 Å². The maximum Gasteiger partial charge on any atom is 0.326 e. The molecule has 0 aromatic carbocycles. The average molecular weight is 738 g/mol. The van der Waals surface area contributed by atoms with E-state index in [1.165, 1.54) is 43.9 Å². The Morgan fingerprint density at radius 2 is 0.981 bits per heavy atom. The van der Waals surface area contributed by atoms with Crippen molar-refractivity contribution in [3.05, 3.63) is 72.9 Å². The van der Waals surface area contributed by atoms with Gasteiger partial charge in [0.05, 0.1) is 67.1 Å². The van der Waals surface area contributed by atoms with E-state index in [0.717, 1.165) is 0 Å². The third-order valence-electron chi connectivity index (χ3n) is 7.59. The number of carbonyl (C=O) groups is 7. The number of carboxylic acid groups (broad SMARTS) is 1. The minimum atomic E-state index is -1.63. The van der Waals surface area contributed by atoms with Crippen LogP contribution < -0.4 is 38.1 Å². The predicted octanol–water partition coefficient (Wildman–Crippen LogP) is -4.81. The first-order valence-corrected chi connectivity index (χ1v) is 16.0. The van der Waals surface area contributed by atoms with Gasteiger partial charge < -0.3 is 63.1 Å². The van der Waals surface area contributed by atoms with Crippen molar-refractivity contribution in [2.75, 3.05) is 6.54 Å². The number of carbonyl (C=O) groups excluding carboxylic acids is 6. The number of nitrogens with one attached hydrogen (secondary N) is 9. The van der Waals surface area contributed by atoms with Crippen LogP contribution in [0.25, 0.3) is 0 Å². The quantitative estimate of drug-likeness (QED) is 0.0382. The van der Waals surface area contributed by atoms with Crippen LogP contribution in [0, 0.1) is 0 Å². The number of aromatic amines is 4. The van der Waals surface area contributed by atoms with E-state index in [2.05, 4.69) is 66.5 Å². The van der Waals surface area contributed by atoms with Crippen molar-refractivity contribution < 1.29 is 38.7 Å². The molecule has 0 aliphatic heterocycles. The van der Waals surface area contributed by atoms with Crippen LogP contribution in [0.1, 0.15) is 29.2 Å². The highest BCUT2D eigenvalue weighted by Gasteiger charge is 2.32. The number of primary amides is 1. The second kappa shape index (κ2) is 18.9. The minimum Gasteiger partial charge on any atom is -0.480 e. The summed E-state index contributed by atoms with van der Waals surface area (Å²) in [5.41, 5.74) is 12.8. The summed E-state index contributed by atoms with van der Waals surface area (Å²) in [6, 6.07) is -6.67. The van der Waals surface area contributed by atoms with Crippen LogP contribution in [0.15, 0.2) is 50.1 Å². The predicted molar refractivity (Wildman–Crippen MR) is 179 cm³/mol.